The van der Waals surface area contributed by atoms with Crippen LogP contribution in [0.15, 0.2) is 47.4 Å². The predicted molar refractivity (Wildman–Crippen MR) is 109 cm³/mol. The lowest BCUT2D eigenvalue weighted by Gasteiger charge is -2.29. The van der Waals surface area contributed by atoms with Gasteiger partial charge >= 0.3 is 0 Å². The second-order valence-electron chi connectivity index (χ2n) is 7.26. The van der Waals surface area contributed by atoms with Crippen molar-refractivity contribution in [2.24, 2.45) is 0 Å². The Labute approximate surface area is 164 Å². The Balaban J connectivity index is 1.44. The summed E-state index contributed by atoms with van der Waals surface area (Å²) in [7, 11) is 0. The number of nitrogens with one attached hydrogen (secondary N) is 1. The second kappa shape index (κ2) is 7.77. The van der Waals surface area contributed by atoms with Crippen LogP contribution in [0.5, 0.6) is 0 Å². The molecule has 140 valence electrons. The monoisotopic (exact) mass is 380 g/mol. The number of para-hydroxylation sites is 1. The highest BCUT2D eigenvalue weighted by Gasteiger charge is 2.26. The molecule has 27 heavy (non-hydrogen) atoms. The maximum Gasteiger partial charge on any atom is 0.240 e. The number of hydrogen-bond acceptors (Lipinski definition) is 3. The lowest BCUT2D eigenvalue weighted by Crippen LogP contribution is -2.43. The number of benzene rings is 2. The molecule has 2 amide bonds. The normalized spacial score (nSPS) is 17.1. The van der Waals surface area contributed by atoms with Gasteiger partial charge < -0.3 is 10.2 Å². The van der Waals surface area contributed by atoms with E-state index in [4.69, 9.17) is 0 Å². The van der Waals surface area contributed by atoms with Gasteiger partial charge in [0, 0.05) is 4.90 Å². The summed E-state index contributed by atoms with van der Waals surface area (Å²) >= 11 is 1.53. The minimum atomic E-state index is -0.129. The molecule has 2 aromatic rings. The molecule has 1 heterocycles. The smallest absolute Gasteiger partial charge is 0.240 e. The van der Waals surface area contributed by atoms with Crippen molar-refractivity contribution in [3.05, 3.63) is 59.2 Å². The molecule has 1 aliphatic heterocycles. The molecular formula is C22H24N2O2S. The lowest BCUT2D eigenvalue weighted by molar-refractivity contribution is -0.123. The molecule has 0 bridgehead atoms. The zero-order valence-corrected chi connectivity index (χ0v) is 16.3. The zero-order chi connectivity index (χ0) is 18.8. The van der Waals surface area contributed by atoms with Crippen molar-refractivity contribution in [2.45, 2.75) is 43.5 Å². The van der Waals surface area contributed by atoms with Gasteiger partial charge in [-0.3, -0.25) is 9.59 Å². The summed E-state index contributed by atoms with van der Waals surface area (Å²) in [6.45, 7) is 2.07. The Morgan fingerprint density at radius 1 is 1.15 bits per heavy atom. The first-order valence-corrected chi connectivity index (χ1v) is 10.5. The van der Waals surface area contributed by atoms with Crippen LogP contribution in [0.3, 0.4) is 0 Å². The van der Waals surface area contributed by atoms with Crippen molar-refractivity contribution in [3.63, 3.8) is 0 Å². The fraction of sp³-hybridized carbons (Fsp3) is 0.364. The maximum absolute atomic E-state index is 12.6. The molecule has 0 fully saturated rings. The molecule has 0 aromatic heterocycles. The fourth-order valence-electron chi connectivity index (χ4n) is 3.86. The van der Waals surface area contributed by atoms with Gasteiger partial charge in [-0.05, 0) is 61.4 Å². The van der Waals surface area contributed by atoms with Gasteiger partial charge in [-0.15, -0.1) is 11.8 Å². The van der Waals surface area contributed by atoms with Crippen LogP contribution in [0.4, 0.5) is 5.69 Å². The fourth-order valence-corrected chi connectivity index (χ4v) is 4.80. The molecule has 0 spiro atoms. The number of fused-ring (bicyclic) bond motifs is 2. The number of rotatable bonds is 4. The number of carbonyl (C=O) groups is 2. The van der Waals surface area contributed by atoms with E-state index >= 15 is 0 Å². The third-order valence-corrected chi connectivity index (χ3v) is 6.41. The third kappa shape index (κ3) is 3.88. The number of aryl methyl sites for hydroxylation is 2. The molecule has 4 nitrogen and oxygen atoms in total. The quantitative estimate of drug-likeness (QED) is 0.876. The van der Waals surface area contributed by atoms with Crippen LogP contribution < -0.4 is 10.2 Å². The Morgan fingerprint density at radius 3 is 2.78 bits per heavy atom. The molecular weight excluding hydrogens is 356 g/mol. The van der Waals surface area contributed by atoms with Gasteiger partial charge in [0.1, 0.15) is 6.54 Å². The first-order chi connectivity index (χ1) is 13.1. The highest BCUT2D eigenvalue weighted by atomic mass is 32.2. The molecule has 0 radical (unpaired) electrons. The molecule has 1 N–H and O–H groups in total. The van der Waals surface area contributed by atoms with Crippen molar-refractivity contribution in [1.29, 1.82) is 0 Å². The zero-order valence-electron chi connectivity index (χ0n) is 15.5. The Kier molecular flexibility index (Phi) is 5.21. The van der Waals surface area contributed by atoms with Crippen LogP contribution in [-0.2, 0) is 22.4 Å². The SMILES string of the molecule is CC(NC(=O)CN1C(=O)CSc2ccccc21)c1ccc2c(c1)CCCC2. The van der Waals surface area contributed by atoms with Crippen molar-refractivity contribution in [1.82, 2.24) is 5.32 Å². The highest BCUT2D eigenvalue weighted by Crippen LogP contribution is 2.34. The molecule has 2 aromatic carbocycles. The van der Waals surface area contributed by atoms with Crippen molar-refractivity contribution in [3.8, 4) is 0 Å². The van der Waals surface area contributed by atoms with E-state index in [1.165, 1.54) is 35.7 Å². The van der Waals surface area contributed by atoms with E-state index < -0.39 is 0 Å². The standard InChI is InChI=1S/C22H24N2O2S/c1-15(17-11-10-16-6-2-3-7-18(16)12-17)23-21(25)13-24-19-8-4-5-9-20(19)27-14-22(24)26/h4-5,8-12,15H,2-3,6-7,13-14H2,1H3,(H,23,25). The molecule has 2 aliphatic rings. The number of thioether (sulfide) groups is 1. The van der Waals surface area contributed by atoms with Gasteiger partial charge in [0.05, 0.1) is 17.5 Å². The van der Waals surface area contributed by atoms with Crippen LogP contribution in [0.25, 0.3) is 0 Å². The summed E-state index contributed by atoms with van der Waals surface area (Å²) in [6.07, 6.45) is 4.79. The van der Waals surface area contributed by atoms with Crippen molar-refractivity contribution in [2.75, 3.05) is 17.2 Å². The Hall–Kier alpha value is -2.27. The maximum atomic E-state index is 12.6. The third-order valence-electron chi connectivity index (χ3n) is 5.36. The number of amides is 2. The van der Waals surface area contributed by atoms with Crippen LogP contribution in [0.1, 0.15) is 42.5 Å². The van der Waals surface area contributed by atoms with Gasteiger partial charge in [-0.25, -0.2) is 0 Å². The molecule has 1 unspecified atom stereocenters. The number of carbonyl (C=O) groups excluding carboxylic acids is 2. The largest absolute Gasteiger partial charge is 0.348 e. The summed E-state index contributed by atoms with van der Waals surface area (Å²) in [5.74, 6) is 0.232. The molecule has 1 aliphatic carbocycles. The Bertz CT molecular complexity index is 880. The topological polar surface area (TPSA) is 49.4 Å². The summed E-state index contributed by atoms with van der Waals surface area (Å²) < 4.78 is 0. The van der Waals surface area contributed by atoms with E-state index in [1.54, 1.807) is 4.90 Å². The van der Waals surface area contributed by atoms with Gasteiger partial charge in [0.2, 0.25) is 11.8 Å². The number of anilines is 1. The predicted octanol–water partition coefficient (Wildman–Crippen LogP) is 3.88. The number of hydrogen-bond donors (Lipinski definition) is 1. The molecule has 0 saturated heterocycles. The molecule has 0 saturated carbocycles. The van der Waals surface area contributed by atoms with Gasteiger partial charge in [-0.2, -0.15) is 0 Å². The average Bonchev–Trinajstić information content (AvgIpc) is 2.69. The summed E-state index contributed by atoms with van der Waals surface area (Å²) in [4.78, 5) is 27.6. The second-order valence-corrected chi connectivity index (χ2v) is 8.28. The molecule has 5 heteroatoms. The summed E-state index contributed by atoms with van der Waals surface area (Å²) in [6, 6.07) is 14.2. The van der Waals surface area contributed by atoms with Crippen LogP contribution in [-0.4, -0.2) is 24.1 Å². The minimum Gasteiger partial charge on any atom is -0.348 e. The van der Waals surface area contributed by atoms with Crippen LogP contribution in [0.2, 0.25) is 0 Å². The van der Waals surface area contributed by atoms with Gasteiger partial charge in [0.15, 0.2) is 0 Å². The summed E-state index contributed by atoms with van der Waals surface area (Å²) in [5.41, 5.74) is 4.81. The van der Waals surface area contributed by atoms with E-state index in [2.05, 4.69) is 23.5 Å². The highest BCUT2D eigenvalue weighted by molar-refractivity contribution is 8.00. The van der Waals surface area contributed by atoms with Crippen LogP contribution in [0, 0.1) is 0 Å². The first-order valence-electron chi connectivity index (χ1n) is 9.55. The minimum absolute atomic E-state index is 0.0183. The average molecular weight is 381 g/mol. The first kappa shape index (κ1) is 18.1. The van der Waals surface area contributed by atoms with E-state index in [1.807, 2.05) is 31.2 Å². The van der Waals surface area contributed by atoms with Gasteiger partial charge in [0.25, 0.3) is 0 Å². The molecule has 4 rings (SSSR count). The van der Waals surface area contributed by atoms with E-state index in [9.17, 15) is 9.59 Å². The van der Waals surface area contributed by atoms with Crippen molar-refractivity contribution >= 4 is 29.3 Å². The van der Waals surface area contributed by atoms with E-state index in [-0.39, 0.29) is 24.4 Å². The number of nitrogens with zero attached hydrogens (tertiary/aromatic N) is 1. The van der Waals surface area contributed by atoms with E-state index in [0.29, 0.717) is 5.75 Å². The van der Waals surface area contributed by atoms with Crippen LogP contribution >= 0.6 is 11.8 Å². The lowest BCUT2D eigenvalue weighted by atomic mass is 9.89. The van der Waals surface area contributed by atoms with Crippen molar-refractivity contribution < 1.29 is 9.59 Å². The Morgan fingerprint density at radius 2 is 1.93 bits per heavy atom. The van der Waals surface area contributed by atoms with Gasteiger partial charge in [-0.1, -0.05) is 30.3 Å². The van der Waals surface area contributed by atoms with E-state index in [0.717, 1.165) is 29.0 Å². The summed E-state index contributed by atoms with van der Waals surface area (Å²) in [5, 5.41) is 3.06. The molecule has 1 atom stereocenters.